The smallest absolute Gasteiger partial charge is 0.225 e. The Balaban J connectivity index is 1.88. The van der Waals surface area contributed by atoms with E-state index in [1.165, 1.54) is 6.42 Å². The van der Waals surface area contributed by atoms with Crippen LogP contribution in [0.4, 0.5) is 0 Å². The monoisotopic (exact) mass is 235 g/mol. The molecule has 4 heteroatoms. The summed E-state index contributed by atoms with van der Waals surface area (Å²) < 4.78 is 0. The third kappa shape index (κ3) is 2.78. The van der Waals surface area contributed by atoms with Crippen molar-refractivity contribution in [2.45, 2.75) is 50.5 Å². The normalized spacial score (nSPS) is 34.1. The number of nitriles is 1. The molecule has 0 aromatic rings. The standard InChI is InChI=1S/C13H21N3O/c14-10-13(15)6-4-11(5-7-13)12(17)16-8-2-1-3-9-16/h11H,1-9,15H2. The SMILES string of the molecule is N#CC1(N)CCC(C(=O)N2CCCCC2)CC1. The summed E-state index contributed by atoms with van der Waals surface area (Å²) in [6.07, 6.45) is 6.39. The first-order valence-electron chi connectivity index (χ1n) is 6.63. The Hall–Kier alpha value is -1.08. The second kappa shape index (κ2) is 5.05. The van der Waals surface area contributed by atoms with E-state index < -0.39 is 5.54 Å². The first kappa shape index (κ1) is 12.4. The van der Waals surface area contributed by atoms with Crippen molar-refractivity contribution in [2.75, 3.05) is 13.1 Å². The van der Waals surface area contributed by atoms with Crippen LogP contribution in [0.3, 0.4) is 0 Å². The number of hydrogen-bond acceptors (Lipinski definition) is 3. The van der Waals surface area contributed by atoms with Crippen molar-refractivity contribution >= 4 is 5.91 Å². The van der Waals surface area contributed by atoms with Crippen LogP contribution in [0.1, 0.15) is 44.9 Å². The summed E-state index contributed by atoms with van der Waals surface area (Å²) in [5, 5.41) is 8.95. The Morgan fingerprint density at radius 3 is 2.35 bits per heavy atom. The lowest BCUT2D eigenvalue weighted by Gasteiger charge is -2.35. The largest absolute Gasteiger partial charge is 0.342 e. The van der Waals surface area contributed by atoms with Crippen molar-refractivity contribution in [3.63, 3.8) is 0 Å². The number of rotatable bonds is 1. The fourth-order valence-corrected chi connectivity index (χ4v) is 2.86. The minimum absolute atomic E-state index is 0.109. The van der Waals surface area contributed by atoms with E-state index in [1.54, 1.807) is 0 Å². The molecule has 0 radical (unpaired) electrons. The minimum Gasteiger partial charge on any atom is -0.342 e. The molecule has 2 fully saturated rings. The van der Waals surface area contributed by atoms with E-state index in [2.05, 4.69) is 6.07 Å². The van der Waals surface area contributed by atoms with Gasteiger partial charge in [0.15, 0.2) is 0 Å². The molecule has 0 bridgehead atoms. The Bertz CT molecular complexity index is 320. The molecular weight excluding hydrogens is 214 g/mol. The molecule has 1 amide bonds. The van der Waals surface area contributed by atoms with Gasteiger partial charge in [-0.25, -0.2) is 0 Å². The van der Waals surface area contributed by atoms with Crippen LogP contribution in [0.2, 0.25) is 0 Å². The molecule has 2 rings (SSSR count). The lowest BCUT2D eigenvalue weighted by Crippen LogP contribution is -2.46. The molecule has 1 saturated carbocycles. The molecule has 0 atom stereocenters. The number of nitrogens with two attached hydrogens (primary N) is 1. The molecule has 1 saturated heterocycles. The molecule has 1 heterocycles. The third-order valence-electron chi connectivity index (χ3n) is 4.12. The second-order valence-electron chi connectivity index (χ2n) is 5.43. The molecule has 0 aromatic carbocycles. The molecule has 0 unspecified atom stereocenters. The first-order chi connectivity index (χ1) is 8.14. The van der Waals surface area contributed by atoms with Gasteiger partial charge in [0.25, 0.3) is 0 Å². The van der Waals surface area contributed by atoms with E-state index in [0.717, 1.165) is 38.8 Å². The molecule has 0 aromatic heterocycles. The van der Waals surface area contributed by atoms with E-state index in [1.807, 2.05) is 4.90 Å². The van der Waals surface area contributed by atoms with Crippen LogP contribution in [0.15, 0.2) is 0 Å². The summed E-state index contributed by atoms with van der Waals surface area (Å²) in [6.45, 7) is 1.84. The van der Waals surface area contributed by atoms with Crippen LogP contribution in [-0.4, -0.2) is 29.4 Å². The maximum atomic E-state index is 12.3. The average molecular weight is 235 g/mol. The fourth-order valence-electron chi connectivity index (χ4n) is 2.86. The highest BCUT2D eigenvalue weighted by molar-refractivity contribution is 5.79. The highest BCUT2D eigenvalue weighted by Crippen LogP contribution is 2.31. The van der Waals surface area contributed by atoms with Crippen molar-refractivity contribution in [3.8, 4) is 6.07 Å². The molecule has 2 aliphatic rings. The first-order valence-corrected chi connectivity index (χ1v) is 6.63. The van der Waals surface area contributed by atoms with Crippen molar-refractivity contribution in [2.24, 2.45) is 11.7 Å². The van der Waals surface area contributed by atoms with Crippen LogP contribution in [0, 0.1) is 17.2 Å². The number of likely N-dealkylation sites (tertiary alicyclic amines) is 1. The molecule has 0 spiro atoms. The van der Waals surface area contributed by atoms with E-state index in [4.69, 9.17) is 11.0 Å². The number of amides is 1. The summed E-state index contributed by atoms with van der Waals surface area (Å²) in [6, 6.07) is 2.17. The van der Waals surface area contributed by atoms with Crippen LogP contribution in [0.25, 0.3) is 0 Å². The Labute approximate surface area is 103 Å². The zero-order valence-corrected chi connectivity index (χ0v) is 10.3. The quantitative estimate of drug-likeness (QED) is 0.747. The lowest BCUT2D eigenvalue weighted by molar-refractivity contribution is -0.137. The highest BCUT2D eigenvalue weighted by Gasteiger charge is 2.36. The van der Waals surface area contributed by atoms with Crippen molar-refractivity contribution in [3.05, 3.63) is 0 Å². The van der Waals surface area contributed by atoms with E-state index >= 15 is 0 Å². The summed E-state index contributed by atoms with van der Waals surface area (Å²) >= 11 is 0. The molecule has 94 valence electrons. The van der Waals surface area contributed by atoms with Gasteiger partial charge in [-0.05, 0) is 44.9 Å². The molecule has 17 heavy (non-hydrogen) atoms. The van der Waals surface area contributed by atoms with Crippen LogP contribution < -0.4 is 5.73 Å². The van der Waals surface area contributed by atoms with Crippen LogP contribution >= 0.6 is 0 Å². The summed E-state index contributed by atoms with van der Waals surface area (Å²) in [5.41, 5.74) is 5.23. The van der Waals surface area contributed by atoms with E-state index in [-0.39, 0.29) is 5.92 Å². The van der Waals surface area contributed by atoms with Gasteiger partial charge < -0.3 is 10.6 Å². The van der Waals surface area contributed by atoms with Gasteiger partial charge in [-0.1, -0.05) is 0 Å². The molecule has 4 nitrogen and oxygen atoms in total. The maximum absolute atomic E-state index is 12.3. The molecule has 1 aliphatic carbocycles. The molecular formula is C13H21N3O. The van der Waals surface area contributed by atoms with Gasteiger partial charge >= 0.3 is 0 Å². The fraction of sp³-hybridized carbons (Fsp3) is 0.846. The summed E-state index contributed by atoms with van der Waals surface area (Å²) in [5.74, 6) is 0.405. The third-order valence-corrected chi connectivity index (χ3v) is 4.12. The zero-order chi connectivity index (χ0) is 12.3. The summed E-state index contributed by atoms with van der Waals surface area (Å²) in [7, 11) is 0. The molecule has 2 N–H and O–H groups in total. The predicted molar refractivity (Wildman–Crippen MR) is 64.9 cm³/mol. The van der Waals surface area contributed by atoms with E-state index in [0.29, 0.717) is 18.7 Å². The zero-order valence-electron chi connectivity index (χ0n) is 10.3. The Kier molecular flexibility index (Phi) is 3.68. The van der Waals surface area contributed by atoms with Gasteiger partial charge in [-0.2, -0.15) is 5.26 Å². The average Bonchev–Trinajstić information content (AvgIpc) is 2.40. The Morgan fingerprint density at radius 1 is 1.24 bits per heavy atom. The van der Waals surface area contributed by atoms with E-state index in [9.17, 15) is 4.79 Å². The predicted octanol–water partition coefficient (Wildman–Crippen LogP) is 1.41. The van der Waals surface area contributed by atoms with Gasteiger partial charge in [-0.15, -0.1) is 0 Å². The van der Waals surface area contributed by atoms with Gasteiger partial charge in [-0.3, -0.25) is 4.79 Å². The topological polar surface area (TPSA) is 70.1 Å². The van der Waals surface area contributed by atoms with Gasteiger partial charge in [0.1, 0.15) is 5.54 Å². The minimum atomic E-state index is -0.682. The number of hydrogen-bond donors (Lipinski definition) is 1. The lowest BCUT2D eigenvalue weighted by atomic mass is 9.77. The second-order valence-corrected chi connectivity index (χ2v) is 5.43. The maximum Gasteiger partial charge on any atom is 0.225 e. The van der Waals surface area contributed by atoms with Crippen LogP contribution in [0.5, 0.6) is 0 Å². The summed E-state index contributed by atoms with van der Waals surface area (Å²) in [4.78, 5) is 14.3. The van der Waals surface area contributed by atoms with Crippen molar-refractivity contribution < 1.29 is 4.79 Å². The van der Waals surface area contributed by atoms with Gasteiger partial charge in [0.2, 0.25) is 5.91 Å². The number of carbonyl (C=O) groups excluding carboxylic acids is 1. The van der Waals surface area contributed by atoms with Gasteiger partial charge in [0.05, 0.1) is 6.07 Å². The number of nitrogens with zero attached hydrogens (tertiary/aromatic N) is 2. The highest BCUT2D eigenvalue weighted by atomic mass is 16.2. The number of piperidine rings is 1. The van der Waals surface area contributed by atoms with Crippen LogP contribution in [-0.2, 0) is 4.79 Å². The Morgan fingerprint density at radius 2 is 1.82 bits per heavy atom. The van der Waals surface area contributed by atoms with Crippen molar-refractivity contribution in [1.29, 1.82) is 5.26 Å². The molecule has 1 aliphatic heterocycles. The number of carbonyl (C=O) groups is 1. The van der Waals surface area contributed by atoms with Crippen molar-refractivity contribution in [1.82, 2.24) is 4.90 Å². The van der Waals surface area contributed by atoms with Gasteiger partial charge in [0, 0.05) is 19.0 Å².